The monoisotopic (exact) mass is 571 g/mol. The van der Waals surface area contributed by atoms with E-state index in [1.807, 2.05) is 0 Å². The lowest BCUT2D eigenvalue weighted by atomic mass is 9.58. The second kappa shape index (κ2) is 9.97. The number of fused-ring (bicyclic) bond motifs is 3. The molecule has 0 aromatic heterocycles. The molecule has 0 nitrogen and oxygen atoms in total. The van der Waals surface area contributed by atoms with E-state index in [1.54, 1.807) is 66.8 Å². The smallest absolute Gasteiger partial charge is 0.00138 e. The molecular formula is C42H66. The highest BCUT2D eigenvalue weighted by Gasteiger charge is 2.43. The van der Waals surface area contributed by atoms with Crippen LogP contribution >= 0.6 is 0 Å². The molecule has 0 amide bonds. The van der Waals surface area contributed by atoms with Crippen molar-refractivity contribution in [3.05, 3.63) is 66.8 Å². The first-order valence-corrected chi connectivity index (χ1v) is 17.1. The van der Waals surface area contributed by atoms with Gasteiger partial charge in [0.15, 0.2) is 0 Å². The Balaban J connectivity index is 2.33. The van der Waals surface area contributed by atoms with Gasteiger partial charge in [-0.15, -0.1) is 0 Å². The molecule has 0 heterocycles. The number of hydrogen-bond acceptors (Lipinski definition) is 0. The molecule has 0 spiro atoms. The van der Waals surface area contributed by atoms with Crippen LogP contribution in [-0.4, -0.2) is 0 Å². The number of benzene rings is 2. The van der Waals surface area contributed by atoms with Crippen molar-refractivity contribution in [3.63, 3.8) is 0 Å². The maximum Gasteiger partial charge on any atom is -0.00138 e. The number of rotatable bonds is 0. The van der Waals surface area contributed by atoms with E-state index in [0.717, 1.165) is 12.8 Å². The molecule has 0 heteroatoms. The van der Waals surface area contributed by atoms with Crippen LogP contribution < -0.4 is 0 Å². The van der Waals surface area contributed by atoms with Crippen molar-refractivity contribution in [1.82, 2.24) is 0 Å². The minimum absolute atomic E-state index is 0.0554. The molecule has 0 fully saturated rings. The Hall–Kier alpha value is -1.56. The molecule has 0 saturated heterocycles. The van der Waals surface area contributed by atoms with Crippen LogP contribution in [0.5, 0.6) is 0 Å². The summed E-state index contributed by atoms with van der Waals surface area (Å²) in [6.07, 6.45) is 7.33. The van der Waals surface area contributed by atoms with Crippen LogP contribution in [0.1, 0.15) is 204 Å². The molecule has 0 radical (unpaired) electrons. The van der Waals surface area contributed by atoms with Gasteiger partial charge in [0.05, 0.1) is 0 Å². The van der Waals surface area contributed by atoms with Crippen molar-refractivity contribution in [3.8, 4) is 0 Å². The largest absolute Gasteiger partial charge is 0.0561 e. The fourth-order valence-electron chi connectivity index (χ4n) is 9.08. The van der Waals surface area contributed by atoms with E-state index in [9.17, 15) is 0 Å². The van der Waals surface area contributed by atoms with Gasteiger partial charge in [0.25, 0.3) is 0 Å². The third-order valence-corrected chi connectivity index (χ3v) is 9.96. The summed E-state index contributed by atoms with van der Waals surface area (Å²) in [5, 5.41) is 0. The molecule has 0 saturated carbocycles. The molecule has 2 aromatic rings. The third-order valence-electron chi connectivity index (χ3n) is 9.96. The molecular weight excluding hydrogens is 504 g/mol. The molecule has 0 bridgehead atoms. The van der Waals surface area contributed by atoms with Gasteiger partial charge in [-0.3, -0.25) is 0 Å². The molecule has 2 aromatic carbocycles. The van der Waals surface area contributed by atoms with Crippen molar-refractivity contribution in [2.24, 2.45) is 0 Å². The summed E-state index contributed by atoms with van der Waals surface area (Å²) in [5.74, 6) is 0. The minimum Gasteiger partial charge on any atom is -0.0561 e. The first-order valence-electron chi connectivity index (χ1n) is 17.1. The topological polar surface area (TPSA) is 0 Å². The average molecular weight is 571 g/mol. The highest BCUT2D eigenvalue weighted by Crippen LogP contribution is 2.54. The molecule has 4 rings (SSSR count). The van der Waals surface area contributed by atoms with Crippen LogP contribution in [0, 0.1) is 0 Å². The second-order valence-corrected chi connectivity index (χ2v) is 20.2. The first-order chi connectivity index (χ1) is 18.7. The van der Waals surface area contributed by atoms with Crippen LogP contribution in [0.15, 0.2) is 0 Å². The van der Waals surface area contributed by atoms with Crippen molar-refractivity contribution in [2.75, 3.05) is 0 Å². The van der Waals surface area contributed by atoms with E-state index in [2.05, 4.69) is 125 Å². The Morgan fingerprint density at radius 3 is 0.690 bits per heavy atom. The standard InChI is InChI=1S/C42H66/c1-37(2,3)31-25-21-19-20-22-26(25)32(38(4,5)6)28-24-30-29(23-27(28)31)33(39(7,8)9)35(41(13,14)15)36(42(16,17)18)34(30)40(10,11)12/h19-24H2,1-18H3. The fourth-order valence-corrected chi connectivity index (χ4v) is 9.08. The molecule has 0 atom stereocenters. The Kier molecular flexibility index (Phi) is 7.92. The van der Waals surface area contributed by atoms with Gasteiger partial charge in [-0.1, -0.05) is 125 Å². The molecule has 42 heavy (non-hydrogen) atoms. The summed E-state index contributed by atoms with van der Waals surface area (Å²) in [6.45, 7) is 44.6. The summed E-state index contributed by atoms with van der Waals surface area (Å²) in [4.78, 5) is 0. The van der Waals surface area contributed by atoms with E-state index >= 15 is 0 Å². The van der Waals surface area contributed by atoms with E-state index < -0.39 is 0 Å². The van der Waals surface area contributed by atoms with Gasteiger partial charge in [-0.25, -0.2) is 0 Å². The van der Waals surface area contributed by atoms with Crippen LogP contribution in [0.4, 0.5) is 0 Å². The Bertz CT molecular complexity index is 1270. The highest BCUT2D eigenvalue weighted by molar-refractivity contribution is 5.68. The quantitative estimate of drug-likeness (QED) is 0.252. The van der Waals surface area contributed by atoms with E-state index in [1.165, 1.54) is 25.7 Å². The van der Waals surface area contributed by atoms with Gasteiger partial charge in [0, 0.05) is 0 Å². The van der Waals surface area contributed by atoms with Gasteiger partial charge in [-0.05, 0) is 138 Å². The zero-order valence-electron chi connectivity index (χ0n) is 31.2. The lowest BCUT2D eigenvalue weighted by Gasteiger charge is -2.46. The second-order valence-electron chi connectivity index (χ2n) is 20.2. The first kappa shape index (κ1) is 33.3. The predicted molar refractivity (Wildman–Crippen MR) is 187 cm³/mol. The van der Waals surface area contributed by atoms with Crippen molar-refractivity contribution >= 4 is 0 Å². The van der Waals surface area contributed by atoms with Gasteiger partial charge in [0.1, 0.15) is 0 Å². The maximum absolute atomic E-state index is 2.48. The van der Waals surface area contributed by atoms with Crippen LogP contribution in [0.2, 0.25) is 0 Å². The number of hydrogen-bond donors (Lipinski definition) is 0. The zero-order valence-corrected chi connectivity index (χ0v) is 31.2. The van der Waals surface area contributed by atoms with Crippen molar-refractivity contribution in [2.45, 2.75) is 196 Å². The Morgan fingerprint density at radius 1 is 0.262 bits per heavy atom. The fraction of sp³-hybridized carbons (Fsp3) is 0.714. The van der Waals surface area contributed by atoms with Gasteiger partial charge in [0.2, 0.25) is 0 Å². The van der Waals surface area contributed by atoms with Gasteiger partial charge >= 0.3 is 0 Å². The summed E-state index contributed by atoms with van der Waals surface area (Å²) < 4.78 is 0. The minimum atomic E-state index is 0.0554. The summed E-state index contributed by atoms with van der Waals surface area (Å²) in [6, 6.07) is 0. The summed E-state index contributed by atoms with van der Waals surface area (Å²) >= 11 is 0. The Morgan fingerprint density at radius 2 is 0.476 bits per heavy atom. The lowest BCUT2D eigenvalue weighted by Crippen LogP contribution is -2.37. The SMILES string of the molecule is CC(C)(C)c1c2c(c(C(C)(C)C)c3c1Cc1c(c(C(C)(C)C)c(C(C)(C)C)c(C(C)(C)C)c1C(C)(C)C)C3)CCCC2. The molecule has 234 valence electrons. The summed E-state index contributed by atoms with van der Waals surface area (Å²) in [7, 11) is 0. The highest BCUT2D eigenvalue weighted by atomic mass is 14.5. The van der Waals surface area contributed by atoms with E-state index in [-0.39, 0.29) is 32.5 Å². The molecule has 2 aliphatic carbocycles. The molecule has 0 aliphatic heterocycles. The van der Waals surface area contributed by atoms with E-state index in [0.29, 0.717) is 0 Å². The van der Waals surface area contributed by atoms with E-state index in [4.69, 9.17) is 0 Å². The molecule has 0 N–H and O–H groups in total. The molecule has 2 aliphatic rings. The van der Waals surface area contributed by atoms with Crippen molar-refractivity contribution < 1.29 is 0 Å². The lowest BCUT2D eigenvalue weighted by molar-refractivity contribution is 0.468. The maximum atomic E-state index is 2.48. The predicted octanol–water partition coefficient (Wildman–Crippen LogP) is 11.8. The van der Waals surface area contributed by atoms with Crippen molar-refractivity contribution in [1.29, 1.82) is 0 Å². The normalized spacial score (nSPS) is 16.7. The Labute approximate surface area is 261 Å². The third kappa shape index (κ3) is 5.68. The summed E-state index contributed by atoms with van der Waals surface area (Å²) in [5.41, 5.74) is 20.6. The van der Waals surface area contributed by atoms with Gasteiger partial charge < -0.3 is 0 Å². The zero-order chi connectivity index (χ0) is 32.2. The molecule has 0 unspecified atom stereocenters. The van der Waals surface area contributed by atoms with Crippen LogP contribution in [0.3, 0.4) is 0 Å². The van der Waals surface area contributed by atoms with Crippen LogP contribution in [-0.2, 0) is 58.2 Å². The van der Waals surface area contributed by atoms with Gasteiger partial charge in [-0.2, -0.15) is 0 Å². The average Bonchev–Trinajstić information content (AvgIpc) is 2.75. The van der Waals surface area contributed by atoms with Crippen LogP contribution in [0.25, 0.3) is 0 Å².